The minimum Gasteiger partial charge on any atom is -0.394 e. The molecule has 6 N–H and O–H groups in total. The van der Waals surface area contributed by atoms with Gasteiger partial charge in [0, 0.05) is 6.42 Å². The largest absolute Gasteiger partial charge is 0.394 e. The second-order valence-electron chi connectivity index (χ2n) is 18.3. The summed E-state index contributed by atoms with van der Waals surface area (Å²) >= 11 is 0. The highest BCUT2D eigenvalue weighted by molar-refractivity contribution is 5.76. The standard InChI is InChI=1S/C57H99NO8/c1-3-5-7-9-11-13-15-17-19-21-23-25-26-27-29-31-33-35-37-39-41-43-45-47-53(61)58-50(49-65-57-56(64)55(63)54(62)52(48-59)66-57)51(60)46-44-42-40-38-36-34-32-30-28-24-22-20-18-16-14-12-10-8-6-4-2/h5,7,11,13,17,19,23,25,28,30,36,38,44,46,50-52,54-57,59-60,62-64H,3-4,6,8-10,12,14-16,18,20-22,24,26-27,29,31-35,37,39-43,45,47-49H2,1-2H3,(H,58,61)/b7-5-,13-11-,19-17-,25-23-,30-28+,38-36+,46-44+. The molecule has 0 spiro atoms. The molecule has 1 aliphatic rings. The number of nitrogens with one attached hydrogen (secondary N) is 1. The molecule has 7 unspecified atom stereocenters. The van der Waals surface area contributed by atoms with Crippen LogP contribution in [0.15, 0.2) is 85.1 Å². The molecule has 0 aromatic carbocycles. The van der Waals surface area contributed by atoms with Crippen LogP contribution in [0.1, 0.15) is 213 Å². The van der Waals surface area contributed by atoms with E-state index in [4.69, 9.17) is 9.47 Å². The molecule has 66 heavy (non-hydrogen) atoms. The lowest BCUT2D eigenvalue weighted by atomic mass is 9.99. The molecule has 0 aromatic rings. The van der Waals surface area contributed by atoms with Crippen molar-refractivity contribution in [2.45, 2.75) is 256 Å². The monoisotopic (exact) mass is 926 g/mol. The zero-order valence-electron chi connectivity index (χ0n) is 41.9. The Morgan fingerprint density at radius 3 is 1.45 bits per heavy atom. The molecule has 1 aliphatic heterocycles. The van der Waals surface area contributed by atoms with Crippen molar-refractivity contribution in [3.8, 4) is 0 Å². The zero-order chi connectivity index (χ0) is 48.0. The minimum absolute atomic E-state index is 0.199. The van der Waals surface area contributed by atoms with Gasteiger partial charge in [-0.25, -0.2) is 0 Å². The van der Waals surface area contributed by atoms with Crippen LogP contribution in [-0.2, 0) is 14.3 Å². The van der Waals surface area contributed by atoms with Crippen molar-refractivity contribution < 1.29 is 39.8 Å². The third kappa shape index (κ3) is 35.5. The van der Waals surface area contributed by atoms with E-state index in [0.717, 1.165) is 89.9 Å². The third-order valence-electron chi connectivity index (χ3n) is 12.2. The van der Waals surface area contributed by atoms with Gasteiger partial charge in [0.25, 0.3) is 0 Å². The van der Waals surface area contributed by atoms with Gasteiger partial charge in [-0.05, 0) is 83.5 Å². The van der Waals surface area contributed by atoms with E-state index in [0.29, 0.717) is 6.42 Å². The zero-order valence-corrected chi connectivity index (χ0v) is 41.9. The smallest absolute Gasteiger partial charge is 0.220 e. The van der Waals surface area contributed by atoms with Crippen molar-refractivity contribution in [3.63, 3.8) is 0 Å². The number of allylic oxidation sites excluding steroid dienone is 13. The average molecular weight is 926 g/mol. The van der Waals surface area contributed by atoms with E-state index < -0.39 is 49.5 Å². The number of amides is 1. The van der Waals surface area contributed by atoms with E-state index >= 15 is 0 Å². The molecule has 0 bridgehead atoms. The van der Waals surface area contributed by atoms with Crippen LogP contribution >= 0.6 is 0 Å². The Hall–Kier alpha value is -2.63. The Labute approximate surface area is 403 Å². The third-order valence-corrected chi connectivity index (χ3v) is 12.2. The van der Waals surface area contributed by atoms with E-state index in [1.807, 2.05) is 6.08 Å². The second kappa shape index (κ2) is 46.1. The Morgan fingerprint density at radius 1 is 0.530 bits per heavy atom. The molecule has 380 valence electrons. The summed E-state index contributed by atoms with van der Waals surface area (Å²) in [7, 11) is 0. The highest BCUT2D eigenvalue weighted by Crippen LogP contribution is 2.23. The highest BCUT2D eigenvalue weighted by Gasteiger charge is 2.44. The Balaban J connectivity index is 2.31. The molecular formula is C57H99NO8. The average Bonchev–Trinajstić information content (AvgIpc) is 3.32. The van der Waals surface area contributed by atoms with E-state index in [9.17, 15) is 30.3 Å². The quantitative estimate of drug-likeness (QED) is 0.0261. The number of hydrogen-bond donors (Lipinski definition) is 6. The van der Waals surface area contributed by atoms with E-state index in [-0.39, 0.29) is 12.5 Å². The predicted octanol–water partition coefficient (Wildman–Crippen LogP) is 12.7. The lowest BCUT2D eigenvalue weighted by molar-refractivity contribution is -0.302. The van der Waals surface area contributed by atoms with Crippen molar-refractivity contribution in [1.29, 1.82) is 0 Å². The first-order valence-electron chi connectivity index (χ1n) is 26.8. The second-order valence-corrected chi connectivity index (χ2v) is 18.3. The van der Waals surface area contributed by atoms with Gasteiger partial charge in [-0.2, -0.15) is 0 Å². The molecular weight excluding hydrogens is 827 g/mol. The van der Waals surface area contributed by atoms with Crippen molar-refractivity contribution >= 4 is 5.91 Å². The van der Waals surface area contributed by atoms with Gasteiger partial charge in [0.05, 0.1) is 25.4 Å². The Kier molecular flexibility index (Phi) is 42.9. The molecule has 1 saturated heterocycles. The Bertz CT molecular complexity index is 1300. The summed E-state index contributed by atoms with van der Waals surface area (Å²) < 4.78 is 11.2. The van der Waals surface area contributed by atoms with Crippen LogP contribution in [0.2, 0.25) is 0 Å². The van der Waals surface area contributed by atoms with Crippen LogP contribution in [-0.4, -0.2) is 87.5 Å². The minimum atomic E-state index is -1.58. The molecule has 0 radical (unpaired) electrons. The van der Waals surface area contributed by atoms with Gasteiger partial charge in [-0.15, -0.1) is 0 Å². The van der Waals surface area contributed by atoms with Gasteiger partial charge in [-0.3, -0.25) is 4.79 Å². The summed E-state index contributed by atoms with van der Waals surface area (Å²) in [6.45, 7) is 3.64. The van der Waals surface area contributed by atoms with Crippen LogP contribution in [0, 0.1) is 0 Å². The number of aliphatic hydroxyl groups is 5. The molecule has 7 atom stereocenters. The van der Waals surface area contributed by atoms with Gasteiger partial charge in [0.15, 0.2) is 6.29 Å². The van der Waals surface area contributed by atoms with Crippen LogP contribution in [0.5, 0.6) is 0 Å². The molecule has 0 aliphatic carbocycles. The molecule has 1 fully saturated rings. The maximum absolute atomic E-state index is 13.0. The summed E-state index contributed by atoms with van der Waals surface area (Å²) in [5, 5.41) is 54.4. The number of ether oxygens (including phenoxy) is 2. The van der Waals surface area contributed by atoms with E-state index in [1.54, 1.807) is 6.08 Å². The van der Waals surface area contributed by atoms with Gasteiger partial charge >= 0.3 is 0 Å². The van der Waals surface area contributed by atoms with Gasteiger partial charge in [0.2, 0.25) is 5.91 Å². The summed E-state index contributed by atoms with van der Waals surface area (Å²) in [6.07, 6.45) is 57.7. The Morgan fingerprint density at radius 2 is 0.955 bits per heavy atom. The van der Waals surface area contributed by atoms with E-state index in [2.05, 4.69) is 92.1 Å². The SMILES string of the molecule is CC/C=C\C/C=C\C/C=C\C/C=C\CCCCCCCCCCCCC(=O)NC(COC1OC(CO)C(O)C(O)C1O)C(O)/C=C/CC/C=C/CC/C=C/CCCCCCCCCCCC. The van der Waals surface area contributed by atoms with Crippen LogP contribution in [0.4, 0.5) is 0 Å². The summed E-state index contributed by atoms with van der Waals surface area (Å²) in [4.78, 5) is 13.0. The molecule has 9 heteroatoms. The van der Waals surface area contributed by atoms with Gasteiger partial charge < -0.3 is 40.3 Å². The van der Waals surface area contributed by atoms with Crippen molar-refractivity contribution in [2.75, 3.05) is 13.2 Å². The number of unbranched alkanes of at least 4 members (excludes halogenated alkanes) is 22. The van der Waals surface area contributed by atoms with Crippen LogP contribution in [0.25, 0.3) is 0 Å². The maximum atomic E-state index is 13.0. The molecule has 1 amide bonds. The first kappa shape index (κ1) is 61.4. The maximum Gasteiger partial charge on any atom is 0.220 e. The fraction of sp³-hybridized carbons (Fsp3) is 0.737. The fourth-order valence-corrected chi connectivity index (χ4v) is 7.94. The van der Waals surface area contributed by atoms with Crippen molar-refractivity contribution in [2.24, 2.45) is 0 Å². The summed E-state index contributed by atoms with van der Waals surface area (Å²) in [5.74, 6) is -0.199. The molecule has 9 nitrogen and oxygen atoms in total. The number of hydrogen-bond acceptors (Lipinski definition) is 8. The number of rotatable bonds is 44. The van der Waals surface area contributed by atoms with Crippen molar-refractivity contribution in [3.05, 3.63) is 85.1 Å². The normalized spacial score (nSPS) is 20.5. The number of carbonyl (C=O) groups is 1. The molecule has 0 saturated carbocycles. The highest BCUT2D eigenvalue weighted by atomic mass is 16.7. The molecule has 0 aromatic heterocycles. The first-order chi connectivity index (χ1) is 32.3. The first-order valence-corrected chi connectivity index (χ1v) is 26.8. The number of carbonyl (C=O) groups excluding carboxylic acids is 1. The summed E-state index contributed by atoms with van der Waals surface area (Å²) in [6, 6.07) is -0.835. The summed E-state index contributed by atoms with van der Waals surface area (Å²) in [5.41, 5.74) is 0. The topological polar surface area (TPSA) is 149 Å². The lowest BCUT2D eigenvalue weighted by Crippen LogP contribution is -2.60. The van der Waals surface area contributed by atoms with Gasteiger partial charge in [0.1, 0.15) is 24.4 Å². The molecule has 1 rings (SSSR count). The van der Waals surface area contributed by atoms with E-state index in [1.165, 1.54) is 103 Å². The van der Waals surface area contributed by atoms with Gasteiger partial charge in [-0.1, -0.05) is 208 Å². The van der Waals surface area contributed by atoms with Crippen molar-refractivity contribution in [1.82, 2.24) is 5.32 Å². The van der Waals surface area contributed by atoms with Crippen LogP contribution in [0.3, 0.4) is 0 Å². The predicted molar refractivity (Wildman–Crippen MR) is 276 cm³/mol. The molecule has 1 heterocycles. The van der Waals surface area contributed by atoms with Crippen LogP contribution < -0.4 is 5.32 Å². The lowest BCUT2D eigenvalue weighted by Gasteiger charge is -2.40. The fourth-order valence-electron chi connectivity index (χ4n) is 7.94. The number of aliphatic hydroxyl groups excluding tert-OH is 5.